The van der Waals surface area contributed by atoms with Crippen LogP contribution < -0.4 is 10.6 Å². The van der Waals surface area contributed by atoms with Gasteiger partial charge < -0.3 is 20.6 Å². The molecule has 0 aromatic heterocycles. The molecule has 3 amide bonds. The van der Waals surface area contributed by atoms with Crippen LogP contribution in [0.1, 0.15) is 39.0 Å². The van der Waals surface area contributed by atoms with Crippen LogP contribution in [0.25, 0.3) is 0 Å². The Morgan fingerprint density at radius 1 is 1.16 bits per heavy atom. The number of hydrogen-bond donors (Lipinski definition) is 3. The second-order valence-electron chi connectivity index (χ2n) is 7.03. The Labute approximate surface area is 148 Å². The van der Waals surface area contributed by atoms with Crippen molar-refractivity contribution in [3.8, 4) is 0 Å². The van der Waals surface area contributed by atoms with E-state index in [1.54, 1.807) is 0 Å². The topological polar surface area (TPSA) is 102 Å². The molecule has 1 saturated heterocycles. The number of nitrogens with zero attached hydrogens (tertiary/aromatic N) is 2. The molecule has 25 heavy (non-hydrogen) atoms. The average Bonchev–Trinajstić information content (AvgIpc) is 2.65. The Bertz CT molecular complexity index is 487. The fourth-order valence-corrected chi connectivity index (χ4v) is 3.55. The molecule has 2 atom stereocenters. The molecule has 0 aromatic rings. The van der Waals surface area contributed by atoms with Gasteiger partial charge in [0.05, 0.1) is 0 Å². The van der Waals surface area contributed by atoms with Gasteiger partial charge in [0, 0.05) is 33.2 Å². The van der Waals surface area contributed by atoms with E-state index < -0.39 is 24.1 Å². The zero-order valence-electron chi connectivity index (χ0n) is 15.2. The van der Waals surface area contributed by atoms with Gasteiger partial charge in [-0.15, -0.1) is 0 Å². The molecule has 8 heteroatoms. The van der Waals surface area contributed by atoms with Gasteiger partial charge in [-0.25, -0.2) is 4.79 Å². The van der Waals surface area contributed by atoms with E-state index in [9.17, 15) is 14.4 Å². The first-order valence-corrected chi connectivity index (χ1v) is 9.17. The highest BCUT2D eigenvalue weighted by Gasteiger charge is 2.35. The number of likely N-dealkylation sites (N-methyl/N-ethyl adjacent to an activating group) is 1. The summed E-state index contributed by atoms with van der Waals surface area (Å²) in [5.74, 6) is -0.321. The van der Waals surface area contributed by atoms with E-state index in [1.807, 2.05) is 4.90 Å². The van der Waals surface area contributed by atoms with E-state index in [4.69, 9.17) is 5.11 Å². The Kier molecular flexibility index (Phi) is 7.04. The number of hydrogen-bond acceptors (Lipinski definition) is 4. The standard InChI is InChI=1S/C17H30N4O4/c1-12(20(2)17(24)25)15(22)19-14(13-6-4-3-5-7-13)16(23)21-10-8-18-9-11-21/h12-14,18H,3-11H2,1-2H3,(H,19,22)(H,24,25)/t12?,14-/m0/s1. The van der Waals surface area contributed by atoms with Crippen LogP contribution in [0.2, 0.25) is 0 Å². The van der Waals surface area contributed by atoms with E-state index in [2.05, 4.69) is 10.6 Å². The van der Waals surface area contributed by atoms with Crippen molar-refractivity contribution in [1.29, 1.82) is 0 Å². The zero-order valence-corrected chi connectivity index (χ0v) is 15.2. The molecule has 2 aliphatic rings. The van der Waals surface area contributed by atoms with Crippen LogP contribution in [0, 0.1) is 5.92 Å². The fourth-order valence-electron chi connectivity index (χ4n) is 3.55. The molecule has 0 radical (unpaired) electrons. The third-order valence-electron chi connectivity index (χ3n) is 5.38. The first kappa shape index (κ1) is 19.5. The van der Waals surface area contributed by atoms with Gasteiger partial charge in [0.25, 0.3) is 0 Å². The van der Waals surface area contributed by atoms with Gasteiger partial charge in [-0.3, -0.25) is 14.5 Å². The van der Waals surface area contributed by atoms with E-state index >= 15 is 0 Å². The number of carbonyl (C=O) groups excluding carboxylic acids is 2. The minimum absolute atomic E-state index is 0.0353. The summed E-state index contributed by atoms with van der Waals surface area (Å²) in [5, 5.41) is 15.1. The van der Waals surface area contributed by atoms with Gasteiger partial charge in [0.1, 0.15) is 12.1 Å². The third-order valence-corrected chi connectivity index (χ3v) is 5.38. The van der Waals surface area contributed by atoms with Crippen molar-refractivity contribution >= 4 is 17.9 Å². The molecule has 0 bridgehead atoms. The smallest absolute Gasteiger partial charge is 0.407 e. The van der Waals surface area contributed by atoms with Crippen molar-refractivity contribution in [1.82, 2.24) is 20.4 Å². The molecule has 2 fully saturated rings. The van der Waals surface area contributed by atoms with Gasteiger partial charge in [-0.2, -0.15) is 0 Å². The van der Waals surface area contributed by atoms with E-state index in [1.165, 1.54) is 14.0 Å². The lowest BCUT2D eigenvalue weighted by atomic mass is 9.83. The molecular formula is C17H30N4O4. The highest BCUT2D eigenvalue weighted by Crippen LogP contribution is 2.27. The number of carbonyl (C=O) groups is 3. The van der Waals surface area contributed by atoms with Crippen LogP contribution in [-0.2, 0) is 9.59 Å². The Balaban J connectivity index is 2.09. The number of piperazine rings is 1. The molecule has 142 valence electrons. The van der Waals surface area contributed by atoms with Gasteiger partial charge in [0.15, 0.2) is 0 Å². The van der Waals surface area contributed by atoms with Gasteiger partial charge in [-0.05, 0) is 25.7 Å². The van der Waals surface area contributed by atoms with Gasteiger partial charge >= 0.3 is 6.09 Å². The normalized spacial score (nSPS) is 21.3. The Morgan fingerprint density at radius 3 is 2.32 bits per heavy atom. The Morgan fingerprint density at radius 2 is 1.76 bits per heavy atom. The van der Waals surface area contributed by atoms with Crippen LogP contribution in [0.4, 0.5) is 4.79 Å². The fraction of sp³-hybridized carbons (Fsp3) is 0.824. The summed E-state index contributed by atoms with van der Waals surface area (Å²) in [4.78, 5) is 39.4. The number of carboxylic acid groups (broad SMARTS) is 1. The van der Waals surface area contributed by atoms with Crippen LogP contribution in [0.5, 0.6) is 0 Å². The molecule has 1 aliphatic carbocycles. The molecule has 3 N–H and O–H groups in total. The van der Waals surface area contributed by atoms with Crippen molar-refractivity contribution in [2.45, 2.75) is 51.1 Å². The minimum Gasteiger partial charge on any atom is -0.465 e. The van der Waals surface area contributed by atoms with Crippen molar-refractivity contribution in [3.05, 3.63) is 0 Å². The average molecular weight is 354 g/mol. The predicted octanol–water partition coefficient (Wildman–Crippen LogP) is 0.482. The number of amides is 3. The van der Waals surface area contributed by atoms with Crippen molar-refractivity contribution in [3.63, 3.8) is 0 Å². The predicted molar refractivity (Wildman–Crippen MR) is 93.2 cm³/mol. The Hall–Kier alpha value is -1.83. The molecule has 0 aromatic carbocycles. The van der Waals surface area contributed by atoms with E-state index in [0.717, 1.165) is 50.1 Å². The maximum Gasteiger partial charge on any atom is 0.407 e. The summed E-state index contributed by atoms with van der Waals surface area (Å²) >= 11 is 0. The SMILES string of the molecule is CC(C(=O)N[C@H](C(=O)N1CCNCC1)C1CCCCC1)N(C)C(=O)O. The van der Waals surface area contributed by atoms with Crippen LogP contribution in [-0.4, -0.2) is 78.1 Å². The van der Waals surface area contributed by atoms with E-state index in [-0.39, 0.29) is 11.8 Å². The van der Waals surface area contributed by atoms with Crippen molar-refractivity contribution in [2.75, 3.05) is 33.2 Å². The first-order chi connectivity index (χ1) is 11.9. The minimum atomic E-state index is -1.16. The van der Waals surface area contributed by atoms with Gasteiger partial charge in [0.2, 0.25) is 11.8 Å². The molecule has 1 aliphatic heterocycles. The quantitative estimate of drug-likeness (QED) is 0.667. The maximum atomic E-state index is 13.0. The molecule has 0 spiro atoms. The monoisotopic (exact) mass is 354 g/mol. The van der Waals surface area contributed by atoms with Gasteiger partial charge in [-0.1, -0.05) is 19.3 Å². The second kappa shape index (κ2) is 9.03. The summed E-state index contributed by atoms with van der Waals surface area (Å²) in [6.45, 7) is 4.34. The lowest BCUT2D eigenvalue weighted by Gasteiger charge is -2.36. The lowest BCUT2D eigenvalue weighted by Crippen LogP contribution is -2.59. The number of nitrogens with one attached hydrogen (secondary N) is 2. The van der Waals surface area contributed by atoms with Crippen LogP contribution in [0.15, 0.2) is 0 Å². The van der Waals surface area contributed by atoms with Crippen molar-refractivity contribution < 1.29 is 19.5 Å². The lowest BCUT2D eigenvalue weighted by molar-refractivity contribution is -0.139. The highest BCUT2D eigenvalue weighted by molar-refractivity contribution is 5.91. The third kappa shape index (κ3) is 5.07. The molecule has 8 nitrogen and oxygen atoms in total. The highest BCUT2D eigenvalue weighted by atomic mass is 16.4. The molecule has 2 rings (SSSR count). The summed E-state index contributed by atoms with van der Waals surface area (Å²) in [6.07, 6.45) is 3.98. The van der Waals surface area contributed by atoms with E-state index in [0.29, 0.717) is 13.1 Å². The van der Waals surface area contributed by atoms with Crippen LogP contribution >= 0.6 is 0 Å². The van der Waals surface area contributed by atoms with Crippen LogP contribution in [0.3, 0.4) is 0 Å². The summed E-state index contributed by atoms with van der Waals surface area (Å²) < 4.78 is 0. The molecule has 1 saturated carbocycles. The summed E-state index contributed by atoms with van der Waals surface area (Å²) in [6, 6.07) is -1.39. The molecule has 1 unspecified atom stereocenters. The largest absolute Gasteiger partial charge is 0.465 e. The van der Waals surface area contributed by atoms with Crippen molar-refractivity contribution in [2.24, 2.45) is 5.92 Å². The summed E-state index contributed by atoms with van der Waals surface area (Å²) in [7, 11) is 1.36. The molecular weight excluding hydrogens is 324 g/mol. The second-order valence-corrected chi connectivity index (χ2v) is 7.03. The molecule has 1 heterocycles. The summed E-state index contributed by atoms with van der Waals surface area (Å²) in [5.41, 5.74) is 0. The number of rotatable bonds is 5. The zero-order chi connectivity index (χ0) is 18.4. The first-order valence-electron chi connectivity index (χ1n) is 9.17. The maximum absolute atomic E-state index is 13.0.